The van der Waals surface area contributed by atoms with E-state index in [2.05, 4.69) is 41.5 Å². The van der Waals surface area contributed by atoms with Gasteiger partial charge in [0.05, 0.1) is 5.69 Å². The van der Waals surface area contributed by atoms with Crippen LogP contribution >= 0.6 is 0 Å². The summed E-state index contributed by atoms with van der Waals surface area (Å²) in [5, 5.41) is 11.1. The fraction of sp³-hybridized carbons (Fsp3) is 0.800. The van der Waals surface area contributed by atoms with Gasteiger partial charge in [-0.3, -0.25) is 0 Å². The van der Waals surface area contributed by atoms with Gasteiger partial charge in [-0.15, -0.1) is 0 Å². The molecule has 0 aromatic carbocycles. The Hall–Kier alpha value is -1.56. The van der Waals surface area contributed by atoms with Crippen LogP contribution < -0.4 is 10.6 Å². The zero-order chi connectivity index (χ0) is 18.4. The van der Waals surface area contributed by atoms with Gasteiger partial charge in [-0.2, -0.15) is 0 Å². The Morgan fingerprint density at radius 2 is 2.00 bits per heavy atom. The summed E-state index contributed by atoms with van der Waals surface area (Å²) < 4.78 is 5.40. The summed E-state index contributed by atoms with van der Waals surface area (Å²) in [7, 11) is 0. The van der Waals surface area contributed by atoms with Crippen molar-refractivity contribution in [2.45, 2.75) is 83.8 Å². The summed E-state index contributed by atoms with van der Waals surface area (Å²) >= 11 is 0. The monoisotopic (exact) mass is 361 g/mol. The molecule has 0 bridgehead atoms. The third-order valence-corrected chi connectivity index (χ3v) is 5.62. The van der Waals surface area contributed by atoms with Crippen molar-refractivity contribution >= 4 is 5.96 Å². The molecule has 0 unspecified atom stereocenters. The Bertz CT molecular complexity index is 569. The number of rotatable bonds is 6. The molecule has 1 saturated carbocycles. The van der Waals surface area contributed by atoms with Gasteiger partial charge in [0.25, 0.3) is 0 Å². The summed E-state index contributed by atoms with van der Waals surface area (Å²) in [5.41, 5.74) is 0.993. The molecule has 6 heteroatoms. The zero-order valence-corrected chi connectivity index (χ0v) is 16.6. The molecule has 1 aromatic rings. The fourth-order valence-corrected chi connectivity index (χ4v) is 4.02. The molecule has 0 atom stereocenters. The van der Waals surface area contributed by atoms with E-state index in [1.165, 1.54) is 51.6 Å². The molecule has 1 aromatic heterocycles. The fourth-order valence-electron chi connectivity index (χ4n) is 4.02. The van der Waals surface area contributed by atoms with Crippen molar-refractivity contribution in [1.82, 2.24) is 20.7 Å². The molecule has 0 spiro atoms. The molecule has 0 amide bonds. The number of likely N-dealkylation sites (tertiary alicyclic amines) is 1. The van der Waals surface area contributed by atoms with Gasteiger partial charge < -0.3 is 20.1 Å². The lowest BCUT2D eigenvalue weighted by molar-refractivity contribution is 0.150. The summed E-state index contributed by atoms with van der Waals surface area (Å²) in [5.74, 6) is 2.09. The Kier molecular flexibility index (Phi) is 6.94. The molecule has 3 rings (SSSR count). The second kappa shape index (κ2) is 9.40. The number of nitrogens with zero attached hydrogens (tertiary/aromatic N) is 3. The lowest BCUT2D eigenvalue weighted by Gasteiger charge is -2.36. The zero-order valence-electron chi connectivity index (χ0n) is 16.6. The highest BCUT2D eigenvalue weighted by atomic mass is 16.5. The van der Waals surface area contributed by atoms with E-state index in [0.29, 0.717) is 18.5 Å². The molecule has 146 valence electrons. The minimum absolute atomic E-state index is 0.382. The summed E-state index contributed by atoms with van der Waals surface area (Å²) in [6.07, 6.45) is 8.03. The van der Waals surface area contributed by atoms with Crippen LogP contribution in [0.3, 0.4) is 0 Å². The summed E-state index contributed by atoms with van der Waals surface area (Å²) in [6, 6.07) is 3.36. The van der Waals surface area contributed by atoms with Gasteiger partial charge in [0.1, 0.15) is 6.54 Å². The van der Waals surface area contributed by atoms with Crippen LogP contribution in [-0.2, 0) is 6.54 Å². The molecule has 0 radical (unpaired) electrons. The summed E-state index contributed by atoms with van der Waals surface area (Å²) in [4.78, 5) is 7.40. The molecule has 2 aliphatic rings. The number of guanidine groups is 1. The van der Waals surface area contributed by atoms with Crippen LogP contribution in [0.15, 0.2) is 15.6 Å². The predicted octanol–water partition coefficient (Wildman–Crippen LogP) is 3.26. The highest BCUT2D eigenvalue weighted by molar-refractivity contribution is 5.80. The van der Waals surface area contributed by atoms with Crippen molar-refractivity contribution < 1.29 is 4.52 Å². The minimum atomic E-state index is 0.382. The Morgan fingerprint density at radius 1 is 1.27 bits per heavy atom. The SMILES string of the molecule is CCNC(=NCc1cc(C(C)C)no1)NC1CCN(C2CCCC2)CC1. The molecule has 2 N–H and O–H groups in total. The van der Waals surface area contributed by atoms with Crippen molar-refractivity contribution in [3.8, 4) is 0 Å². The molecule has 6 nitrogen and oxygen atoms in total. The van der Waals surface area contributed by atoms with Gasteiger partial charge in [0.2, 0.25) is 0 Å². The van der Waals surface area contributed by atoms with Gasteiger partial charge in [0.15, 0.2) is 11.7 Å². The molecular formula is C20H35N5O. The normalized spacial score (nSPS) is 20.8. The third-order valence-electron chi connectivity index (χ3n) is 5.62. The van der Waals surface area contributed by atoms with Crippen molar-refractivity contribution in [1.29, 1.82) is 0 Å². The number of nitrogens with one attached hydrogen (secondary N) is 2. The van der Waals surface area contributed by atoms with E-state index < -0.39 is 0 Å². The Labute approximate surface area is 157 Å². The Morgan fingerprint density at radius 3 is 2.62 bits per heavy atom. The first-order valence-corrected chi connectivity index (χ1v) is 10.4. The first-order valence-electron chi connectivity index (χ1n) is 10.4. The van der Waals surface area contributed by atoms with Crippen LogP contribution in [0.5, 0.6) is 0 Å². The lowest BCUT2D eigenvalue weighted by Crippen LogP contribution is -2.50. The van der Waals surface area contributed by atoms with Crippen LogP contribution in [0.2, 0.25) is 0 Å². The number of hydrogen-bond acceptors (Lipinski definition) is 4. The maximum absolute atomic E-state index is 5.40. The quantitative estimate of drug-likeness (QED) is 0.601. The van der Waals surface area contributed by atoms with E-state index in [0.717, 1.165) is 30.0 Å². The lowest BCUT2D eigenvalue weighted by atomic mass is 10.0. The third kappa shape index (κ3) is 5.22. The topological polar surface area (TPSA) is 65.7 Å². The van der Waals surface area contributed by atoms with Crippen LogP contribution in [0.1, 0.15) is 76.7 Å². The first kappa shape index (κ1) is 19.2. The average Bonchev–Trinajstić information content (AvgIpc) is 3.32. The molecular weight excluding hydrogens is 326 g/mol. The van der Waals surface area contributed by atoms with E-state index in [1.54, 1.807) is 0 Å². The van der Waals surface area contributed by atoms with E-state index in [4.69, 9.17) is 9.52 Å². The number of piperidine rings is 1. The predicted molar refractivity (Wildman–Crippen MR) is 105 cm³/mol. The van der Waals surface area contributed by atoms with E-state index in [9.17, 15) is 0 Å². The molecule has 1 saturated heterocycles. The molecule has 26 heavy (non-hydrogen) atoms. The first-order chi connectivity index (χ1) is 12.7. The van der Waals surface area contributed by atoms with Gasteiger partial charge in [-0.25, -0.2) is 4.99 Å². The maximum atomic E-state index is 5.40. The largest absolute Gasteiger partial charge is 0.359 e. The van der Waals surface area contributed by atoms with Gasteiger partial charge in [-0.1, -0.05) is 31.8 Å². The second-order valence-electron chi connectivity index (χ2n) is 7.96. The van der Waals surface area contributed by atoms with Crippen molar-refractivity contribution in [2.24, 2.45) is 4.99 Å². The highest BCUT2D eigenvalue weighted by Crippen LogP contribution is 2.26. The summed E-state index contributed by atoms with van der Waals surface area (Å²) in [6.45, 7) is 10.1. The smallest absolute Gasteiger partial charge is 0.191 e. The van der Waals surface area contributed by atoms with E-state index >= 15 is 0 Å². The standard InChI is InChI=1S/C20H35N5O/c1-4-21-20(22-14-18-13-19(15(2)3)24-26-18)23-16-9-11-25(12-10-16)17-7-5-6-8-17/h13,15-17H,4-12,14H2,1-3H3,(H2,21,22,23). The van der Waals surface area contributed by atoms with Crippen LogP contribution in [0, 0.1) is 0 Å². The molecule has 2 heterocycles. The molecule has 2 fully saturated rings. The highest BCUT2D eigenvalue weighted by Gasteiger charge is 2.27. The Balaban J connectivity index is 1.49. The number of aromatic nitrogens is 1. The van der Waals surface area contributed by atoms with Gasteiger partial charge in [-0.05, 0) is 38.5 Å². The average molecular weight is 362 g/mol. The van der Waals surface area contributed by atoms with Crippen molar-refractivity contribution in [3.63, 3.8) is 0 Å². The number of aliphatic imine (C=N–C) groups is 1. The molecule has 1 aliphatic carbocycles. The second-order valence-corrected chi connectivity index (χ2v) is 7.96. The number of hydrogen-bond donors (Lipinski definition) is 2. The van der Waals surface area contributed by atoms with Gasteiger partial charge in [0, 0.05) is 37.8 Å². The van der Waals surface area contributed by atoms with Crippen LogP contribution in [0.25, 0.3) is 0 Å². The maximum Gasteiger partial charge on any atom is 0.191 e. The van der Waals surface area contributed by atoms with Crippen molar-refractivity contribution in [2.75, 3.05) is 19.6 Å². The van der Waals surface area contributed by atoms with Crippen LogP contribution in [0.4, 0.5) is 0 Å². The molecule has 1 aliphatic heterocycles. The van der Waals surface area contributed by atoms with Crippen molar-refractivity contribution in [3.05, 3.63) is 17.5 Å². The van der Waals surface area contributed by atoms with E-state index in [1.807, 2.05) is 6.07 Å². The minimum Gasteiger partial charge on any atom is -0.359 e. The van der Waals surface area contributed by atoms with Crippen LogP contribution in [-0.4, -0.2) is 47.7 Å². The van der Waals surface area contributed by atoms with Gasteiger partial charge >= 0.3 is 0 Å². The van der Waals surface area contributed by atoms with E-state index in [-0.39, 0.29) is 0 Å².